The highest BCUT2D eigenvalue weighted by Crippen LogP contribution is 2.44. The van der Waals surface area contributed by atoms with E-state index in [1.54, 1.807) is 48.5 Å². The maximum absolute atomic E-state index is 13.7. The Labute approximate surface area is 202 Å². The van der Waals surface area contributed by atoms with Crippen LogP contribution in [0.2, 0.25) is 5.02 Å². The van der Waals surface area contributed by atoms with Crippen LogP contribution in [0.4, 0.5) is 9.52 Å². The number of amides is 1. The Kier molecular flexibility index (Phi) is 5.55. The van der Waals surface area contributed by atoms with Crippen molar-refractivity contribution in [2.75, 3.05) is 12.0 Å². The van der Waals surface area contributed by atoms with E-state index < -0.39 is 23.5 Å². The third kappa shape index (κ3) is 3.70. The van der Waals surface area contributed by atoms with Gasteiger partial charge in [0.1, 0.15) is 17.3 Å². The van der Waals surface area contributed by atoms with Crippen LogP contribution in [0, 0.1) is 5.82 Å². The van der Waals surface area contributed by atoms with Crippen molar-refractivity contribution in [2.45, 2.75) is 6.04 Å². The number of thiazole rings is 1. The van der Waals surface area contributed by atoms with Gasteiger partial charge in [0.05, 0.1) is 28.9 Å². The summed E-state index contributed by atoms with van der Waals surface area (Å²) in [6.07, 6.45) is 0. The topological polar surface area (TPSA) is 79.7 Å². The summed E-state index contributed by atoms with van der Waals surface area (Å²) in [7, 11) is 1.52. The number of carbonyl (C=O) groups excluding carboxylic acids is 2. The molecule has 9 heteroatoms. The predicted molar refractivity (Wildman–Crippen MR) is 129 cm³/mol. The van der Waals surface area contributed by atoms with Crippen LogP contribution < -0.4 is 9.64 Å². The second-order valence-electron chi connectivity index (χ2n) is 7.56. The Bertz CT molecular complexity index is 1480. The predicted octanol–water partition coefficient (Wildman–Crippen LogP) is 5.72. The van der Waals surface area contributed by atoms with Crippen molar-refractivity contribution in [3.63, 3.8) is 0 Å². The maximum atomic E-state index is 13.7. The highest BCUT2D eigenvalue weighted by molar-refractivity contribution is 7.22. The average molecular weight is 495 g/mol. The highest BCUT2D eigenvalue weighted by atomic mass is 35.5. The van der Waals surface area contributed by atoms with Gasteiger partial charge in [-0.1, -0.05) is 35.1 Å². The molecule has 1 aliphatic rings. The minimum atomic E-state index is -0.980. The molecule has 1 aromatic heterocycles. The Morgan fingerprint density at radius 2 is 1.88 bits per heavy atom. The molecule has 5 rings (SSSR count). The van der Waals surface area contributed by atoms with Gasteiger partial charge in [-0.3, -0.25) is 14.5 Å². The molecule has 34 heavy (non-hydrogen) atoms. The van der Waals surface area contributed by atoms with Crippen LogP contribution in [0.15, 0.2) is 72.3 Å². The second-order valence-corrected chi connectivity index (χ2v) is 9.01. The van der Waals surface area contributed by atoms with E-state index >= 15 is 0 Å². The van der Waals surface area contributed by atoms with Crippen molar-refractivity contribution < 1.29 is 23.8 Å². The van der Waals surface area contributed by atoms with Crippen LogP contribution in [0.25, 0.3) is 16.0 Å². The Hall–Kier alpha value is -3.75. The molecule has 2 heterocycles. The van der Waals surface area contributed by atoms with E-state index in [-0.39, 0.29) is 16.5 Å². The summed E-state index contributed by atoms with van der Waals surface area (Å²) < 4.78 is 19.4. The molecule has 1 saturated heterocycles. The number of methoxy groups -OCH3 is 1. The molecule has 0 saturated carbocycles. The Balaban J connectivity index is 1.72. The molecule has 0 unspecified atom stereocenters. The van der Waals surface area contributed by atoms with Crippen molar-refractivity contribution >= 4 is 55.7 Å². The third-order valence-electron chi connectivity index (χ3n) is 5.52. The fourth-order valence-electron chi connectivity index (χ4n) is 3.92. The average Bonchev–Trinajstić information content (AvgIpc) is 3.36. The first-order valence-electron chi connectivity index (χ1n) is 10.1. The van der Waals surface area contributed by atoms with Crippen LogP contribution in [0.5, 0.6) is 5.75 Å². The first-order chi connectivity index (χ1) is 16.4. The molecule has 1 amide bonds. The van der Waals surface area contributed by atoms with Crippen molar-refractivity contribution in [3.05, 3.63) is 94.3 Å². The van der Waals surface area contributed by atoms with Crippen molar-refractivity contribution in [1.29, 1.82) is 0 Å². The Morgan fingerprint density at radius 3 is 2.59 bits per heavy atom. The lowest BCUT2D eigenvalue weighted by Gasteiger charge is -2.23. The van der Waals surface area contributed by atoms with Gasteiger partial charge in [-0.25, -0.2) is 9.37 Å². The standard InChI is InChI=1S/C25H16ClFN2O4S/c1-33-17-8-5-13(6-9-17)22(30)20-21(14-3-2-4-15(26)11-14)29(24(32)23(20)31)25-28-18-10-7-16(27)12-19(18)34-25/h2-12,21,30H,1H3/t21-/m0/s1. The maximum Gasteiger partial charge on any atom is 0.301 e. The normalized spacial score (nSPS) is 17.5. The molecule has 4 aromatic rings. The smallest absolute Gasteiger partial charge is 0.301 e. The largest absolute Gasteiger partial charge is 0.507 e. The molecule has 1 fully saturated rings. The van der Waals surface area contributed by atoms with Gasteiger partial charge in [0.25, 0.3) is 5.78 Å². The van der Waals surface area contributed by atoms with Gasteiger partial charge in [-0.05, 0) is 60.2 Å². The fourth-order valence-corrected chi connectivity index (χ4v) is 5.13. The van der Waals surface area contributed by atoms with Gasteiger partial charge < -0.3 is 9.84 Å². The first kappa shape index (κ1) is 22.1. The highest BCUT2D eigenvalue weighted by Gasteiger charge is 2.48. The van der Waals surface area contributed by atoms with E-state index in [2.05, 4.69) is 4.98 Å². The van der Waals surface area contributed by atoms with E-state index in [1.165, 1.54) is 30.2 Å². The number of hydrogen-bond donors (Lipinski definition) is 1. The number of Topliss-reactive ketones (excluding diaryl/α,β-unsaturated/α-hetero) is 1. The van der Waals surface area contributed by atoms with Crippen molar-refractivity contribution in [3.8, 4) is 5.75 Å². The number of aliphatic hydroxyl groups excluding tert-OH is 1. The number of aliphatic hydroxyl groups is 1. The molecule has 0 aliphatic carbocycles. The zero-order valence-corrected chi connectivity index (χ0v) is 19.2. The van der Waals surface area contributed by atoms with Gasteiger partial charge in [0, 0.05) is 10.6 Å². The van der Waals surface area contributed by atoms with Gasteiger partial charge in [-0.15, -0.1) is 0 Å². The second kappa shape index (κ2) is 8.55. The van der Waals surface area contributed by atoms with Gasteiger partial charge in [0.2, 0.25) is 0 Å². The van der Waals surface area contributed by atoms with Crippen LogP contribution in [-0.2, 0) is 9.59 Å². The summed E-state index contributed by atoms with van der Waals surface area (Å²) in [5.74, 6) is -1.90. The summed E-state index contributed by atoms with van der Waals surface area (Å²) in [5, 5.41) is 11.8. The number of ketones is 1. The number of anilines is 1. The summed E-state index contributed by atoms with van der Waals surface area (Å²) in [6, 6.07) is 16.3. The zero-order chi connectivity index (χ0) is 24.0. The van der Waals surface area contributed by atoms with E-state index in [4.69, 9.17) is 16.3 Å². The quantitative estimate of drug-likeness (QED) is 0.223. The third-order valence-corrected chi connectivity index (χ3v) is 6.77. The minimum Gasteiger partial charge on any atom is -0.507 e. The van der Waals surface area contributed by atoms with E-state index in [9.17, 15) is 19.1 Å². The SMILES string of the molecule is COc1ccc(C(O)=C2C(=O)C(=O)N(c3nc4ccc(F)cc4s3)[C@H]2c2cccc(Cl)c2)cc1. The molecule has 1 N–H and O–H groups in total. The monoisotopic (exact) mass is 494 g/mol. The summed E-state index contributed by atoms with van der Waals surface area (Å²) in [5.41, 5.74) is 1.26. The molecule has 1 atom stereocenters. The van der Waals surface area contributed by atoms with E-state index in [0.717, 1.165) is 11.3 Å². The fraction of sp³-hybridized carbons (Fsp3) is 0.0800. The van der Waals surface area contributed by atoms with Crippen LogP contribution in [0.3, 0.4) is 0 Å². The number of rotatable bonds is 4. The van der Waals surface area contributed by atoms with Gasteiger partial charge in [0.15, 0.2) is 5.13 Å². The molecule has 170 valence electrons. The minimum absolute atomic E-state index is 0.0946. The van der Waals surface area contributed by atoms with E-state index in [0.29, 0.717) is 32.1 Å². The molecule has 1 aliphatic heterocycles. The molecule has 6 nitrogen and oxygen atoms in total. The molecule has 0 radical (unpaired) electrons. The molecular weight excluding hydrogens is 479 g/mol. The zero-order valence-electron chi connectivity index (χ0n) is 17.7. The lowest BCUT2D eigenvalue weighted by atomic mass is 9.95. The Morgan fingerprint density at radius 1 is 1.12 bits per heavy atom. The number of halogens is 2. The number of carbonyl (C=O) groups is 2. The molecule has 3 aromatic carbocycles. The van der Waals surface area contributed by atoms with Crippen molar-refractivity contribution in [1.82, 2.24) is 4.98 Å². The number of benzene rings is 3. The van der Waals surface area contributed by atoms with Gasteiger partial charge in [-0.2, -0.15) is 0 Å². The summed E-state index contributed by atoms with van der Waals surface area (Å²) in [4.78, 5) is 32.1. The number of fused-ring (bicyclic) bond motifs is 1. The van der Waals surface area contributed by atoms with Crippen LogP contribution in [0.1, 0.15) is 17.2 Å². The lowest BCUT2D eigenvalue weighted by Crippen LogP contribution is -2.29. The number of ether oxygens (including phenoxy) is 1. The van der Waals surface area contributed by atoms with Crippen molar-refractivity contribution in [2.24, 2.45) is 0 Å². The van der Waals surface area contributed by atoms with Crippen LogP contribution in [-0.4, -0.2) is 28.9 Å². The molecule has 0 spiro atoms. The summed E-state index contributed by atoms with van der Waals surface area (Å²) in [6.45, 7) is 0. The molecular formula is C25H16ClFN2O4S. The van der Waals surface area contributed by atoms with E-state index in [1.807, 2.05) is 0 Å². The summed E-state index contributed by atoms with van der Waals surface area (Å²) >= 11 is 7.29. The molecule has 0 bridgehead atoms. The van der Waals surface area contributed by atoms with Crippen LogP contribution >= 0.6 is 22.9 Å². The lowest BCUT2D eigenvalue weighted by molar-refractivity contribution is -0.132. The number of aromatic nitrogens is 1. The van der Waals surface area contributed by atoms with Gasteiger partial charge >= 0.3 is 5.91 Å². The number of nitrogens with zero attached hydrogens (tertiary/aromatic N) is 2. The number of hydrogen-bond acceptors (Lipinski definition) is 6. The first-order valence-corrected chi connectivity index (χ1v) is 11.3.